The third-order valence-electron chi connectivity index (χ3n) is 2.93. The number of rotatable bonds is 6. The topological polar surface area (TPSA) is 49.7 Å². The lowest BCUT2D eigenvalue weighted by atomic mass is 9.83. The van der Waals surface area contributed by atoms with Crippen molar-refractivity contribution in [3.63, 3.8) is 0 Å². The molecule has 1 rings (SSSR count). The third-order valence-corrected chi connectivity index (χ3v) is 2.93. The average Bonchev–Trinajstić information content (AvgIpc) is 2.36. The molecule has 3 nitrogen and oxygen atoms in total. The third kappa shape index (κ3) is 4.00. The van der Waals surface area contributed by atoms with Crippen LogP contribution in [0.3, 0.4) is 0 Å². The molecule has 1 aromatic rings. The highest BCUT2D eigenvalue weighted by Gasteiger charge is 2.28. The first kappa shape index (κ1) is 15.0. The molecule has 1 atom stereocenters. The van der Waals surface area contributed by atoms with E-state index >= 15 is 0 Å². The lowest BCUT2D eigenvalue weighted by Crippen LogP contribution is -2.25. The van der Waals surface area contributed by atoms with Crippen LogP contribution in [0, 0.1) is 11.3 Å². The average molecular weight is 252 g/mol. The van der Waals surface area contributed by atoms with E-state index in [1.165, 1.54) is 0 Å². The number of aliphatic hydroxyl groups is 2. The molecule has 0 amide bonds. The summed E-state index contributed by atoms with van der Waals surface area (Å²) in [5.41, 5.74) is 0.256. The highest BCUT2D eigenvalue weighted by Crippen LogP contribution is 2.33. The molecule has 0 aliphatic carbocycles. The van der Waals surface area contributed by atoms with Crippen LogP contribution in [0.2, 0.25) is 0 Å². The molecule has 0 heterocycles. The van der Waals surface area contributed by atoms with Crippen LogP contribution >= 0.6 is 0 Å². The lowest BCUT2D eigenvalue weighted by Gasteiger charge is -2.28. The normalized spacial score (nSPS) is 13.7. The fraction of sp³-hybridized carbons (Fsp3) is 0.600. The first-order chi connectivity index (χ1) is 8.36. The van der Waals surface area contributed by atoms with Crippen LogP contribution in [0.4, 0.5) is 0 Å². The summed E-state index contributed by atoms with van der Waals surface area (Å²) in [5, 5.41) is 19.4. The summed E-state index contributed by atoms with van der Waals surface area (Å²) in [6.45, 7) is 8.50. The van der Waals surface area contributed by atoms with Crippen molar-refractivity contribution in [2.75, 3.05) is 13.2 Å². The van der Waals surface area contributed by atoms with Gasteiger partial charge in [-0.1, -0.05) is 39.8 Å². The molecule has 0 aliphatic heterocycles. The van der Waals surface area contributed by atoms with E-state index < -0.39 is 11.5 Å². The molecule has 0 saturated heterocycles. The molecule has 1 unspecified atom stereocenters. The fourth-order valence-electron chi connectivity index (χ4n) is 1.55. The van der Waals surface area contributed by atoms with Crippen LogP contribution < -0.4 is 4.74 Å². The predicted molar refractivity (Wildman–Crippen MR) is 72.6 cm³/mol. The van der Waals surface area contributed by atoms with Gasteiger partial charge < -0.3 is 14.9 Å². The second-order valence-corrected chi connectivity index (χ2v) is 5.82. The molecular weight excluding hydrogens is 228 g/mol. The zero-order valence-electron chi connectivity index (χ0n) is 11.7. The summed E-state index contributed by atoms with van der Waals surface area (Å²) >= 11 is 0. The van der Waals surface area contributed by atoms with E-state index in [0.29, 0.717) is 12.5 Å². The quantitative estimate of drug-likeness (QED) is 0.818. The Morgan fingerprint density at radius 2 is 1.72 bits per heavy atom. The van der Waals surface area contributed by atoms with Gasteiger partial charge in [-0.25, -0.2) is 0 Å². The minimum Gasteiger partial charge on any atom is -0.493 e. The molecule has 3 heteroatoms. The molecule has 0 bridgehead atoms. The molecule has 18 heavy (non-hydrogen) atoms. The van der Waals surface area contributed by atoms with E-state index in [0.717, 1.165) is 11.3 Å². The van der Waals surface area contributed by atoms with E-state index in [9.17, 15) is 10.2 Å². The molecule has 0 fully saturated rings. The maximum atomic E-state index is 10.2. The number of hydrogen-bond acceptors (Lipinski definition) is 3. The van der Waals surface area contributed by atoms with Crippen LogP contribution in [0.15, 0.2) is 24.3 Å². The van der Waals surface area contributed by atoms with Crippen LogP contribution in [0.25, 0.3) is 0 Å². The summed E-state index contributed by atoms with van der Waals surface area (Å²) < 4.78 is 5.58. The number of ether oxygens (including phenoxy) is 1. The monoisotopic (exact) mass is 252 g/mol. The Labute approximate surface area is 109 Å². The first-order valence-electron chi connectivity index (χ1n) is 6.38. The van der Waals surface area contributed by atoms with Gasteiger partial charge in [0.15, 0.2) is 0 Å². The van der Waals surface area contributed by atoms with Crippen molar-refractivity contribution >= 4 is 0 Å². The molecule has 0 aliphatic rings. The van der Waals surface area contributed by atoms with Crippen molar-refractivity contribution in [3.05, 3.63) is 29.8 Å². The Morgan fingerprint density at radius 1 is 1.17 bits per heavy atom. The predicted octanol–water partition coefficient (Wildman–Crippen LogP) is 2.77. The Bertz CT molecular complexity index is 355. The van der Waals surface area contributed by atoms with Gasteiger partial charge in [-0.3, -0.25) is 0 Å². The highest BCUT2D eigenvalue weighted by molar-refractivity contribution is 5.29. The van der Waals surface area contributed by atoms with Crippen LogP contribution in [0.1, 0.15) is 39.4 Å². The fourth-order valence-corrected chi connectivity index (χ4v) is 1.55. The van der Waals surface area contributed by atoms with Gasteiger partial charge >= 0.3 is 0 Å². The van der Waals surface area contributed by atoms with Gasteiger partial charge in [0, 0.05) is 5.41 Å². The molecule has 1 aromatic carbocycles. The summed E-state index contributed by atoms with van der Waals surface area (Å²) in [5.74, 6) is 1.30. The maximum absolute atomic E-state index is 10.2. The van der Waals surface area contributed by atoms with Crippen molar-refractivity contribution in [2.45, 2.75) is 33.8 Å². The SMILES string of the molecule is CC(C)COc1ccc(C(O)C(C)(C)CO)cc1. The van der Waals surface area contributed by atoms with E-state index in [1.54, 1.807) is 0 Å². The summed E-state index contributed by atoms with van der Waals surface area (Å²) in [4.78, 5) is 0. The summed E-state index contributed by atoms with van der Waals surface area (Å²) in [7, 11) is 0. The summed E-state index contributed by atoms with van der Waals surface area (Å²) in [6, 6.07) is 7.40. The van der Waals surface area contributed by atoms with Crippen molar-refractivity contribution in [3.8, 4) is 5.75 Å². The van der Waals surface area contributed by atoms with Gasteiger partial charge in [-0.15, -0.1) is 0 Å². The Hall–Kier alpha value is -1.06. The van der Waals surface area contributed by atoms with Crippen molar-refractivity contribution in [1.82, 2.24) is 0 Å². The van der Waals surface area contributed by atoms with Crippen molar-refractivity contribution < 1.29 is 14.9 Å². The standard InChI is InChI=1S/C15H24O3/c1-11(2)9-18-13-7-5-12(6-8-13)14(17)15(3,4)10-16/h5-8,11,14,16-17H,9-10H2,1-4H3. The van der Waals surface area contributed by atoms with E-state index in [1.807, 2.05) is 38.1 Å². The molecule has 0 radical (unpaired) electrons. The van der Waals surface area contributed by atoms with Gasteiger partial charge in [0.2, 0.25) is 0 Å². The number of benzene rings is 1. The van der Waals surface area contributed by atoms with Gasteiger partial charge in [-0.05, 0) is 23.6 Å². The summed E-state index contributed by atoms with van der Waals surface area (Å²) in [6.07, 6.45) is -0.679. The zero-order chi connectivity index (χ0) is 13.8. The molecule has 0 saturated carbocycles. The van der Waals surface area contributed by atoms with E-state index in [-0.39, 0.29) is 6.61 Å². The highest BCUT2D eigenvalue weighted by atomic mass is 16.5. The lowest BCUT2D eigenvalue weighted by molar-refractivity contribution is 0.00635. The first-order valence-corrected chi connectivity index (χ1v) is 6.38. The number of hydrogen-bond donors (Lipinski definition) is 2. The Kier molecular flexibility index (Phi) is 5.17. The van der Waals surface area contributed by atoms with Crippen LogP contribution in [-0.2, 0) is 0 Å². The minimum absolute atomic E-state index is 0.0558. The smallest absolute Gasteiger partial charge is 0.119 e. The number of aliphatic hydroxyl groups excluding tert-OH is 2. The second-order valence-electron chi connectivity index (χ2n) is 5.82. The molecular formula is C15H24O3. The maximum Gasteiger partial charge on any atom is 0.119 e. The van der Waals surface area contributed by atoms with Gasteiger partial charge in [-0.2, -0.15) is 0 Å². The van der Waals surface area contributed by atoms with Crippen molar-refractivity contribution in [2.24, 2.45) is 11.3 Å². The van der Waals surface area contributed by atoms with Crippen LogP contribution in [0.5, 0.6) is 5.75 Å². The molecule has 0 aromatic heterocycles. The van der Waals surface area contributed by atoms with E-state index in [2.05, 4.69) is 13.8 Å². The molecule has 102 valence electrons. The second kappa shape index (κ2) is 6.21. The zero-order valence-corrected chi connectivity index (χ0v) is 11.7. The Morgan fingerprint density at radius 3 is 2.17 bits per heavy atom. The van der Waals surface area contributed by atoms with Gasteiger partial charge in [0.1, 0.15) is 5.75 Å². The Balaban J connectivity index is 2.70. The minimum atomic E-state index is -0.679. The van der Waals surface area contributed by atoms with Crippen molar-refractivity contribution in [1.29, 1.82) is 0 Å². The molecule has 0 spiro atoms. The molecule has 2 N–H and O–H groups in total. The van der Waals surface area contributed by atoms with Gasteiger partial charge in [0.05, 0.1) is 19.3 Å². The van der Waals surface area contributed by atoms with E-state index in [4.69, 9.17) is 4.74 Å². The van der Waals surface area contributed by atoms with Gasteiger partial charge in [0.25, 0.3) is 0 Å². The largest absolute Gasteiger partial charge is 0.493 e. The van der Waals surface area contributed by atoms with Crippen LogP contribution in [-0.4, -0.2) is 23.4 Å².